The van der Waals surface area contributed by atoms with E-state index in [4.69, 9.17) is 56.8 Å². The van der Waals surface area contributed by atoms with Crippen molar-refractivity contribution in [2.45, 2.75) is 84.7 Å². The molecule has 0 aromatic heterocycles. The second kappa shape index (κ2) is 38.8. The largest absolute Gasteiger partial charge is 0.463 e. The lowest BCUT2D eigenvalue weighted by atomic mass is 10.1. The molecule has 0 radical (unpaired) electrons. The summed E-state index contributed by atoms with van der Waals surface area (Å²) in [5.74, 6) is -0.533. The fourth-order valence-electron chi connectivity index (χ4n) is 4.02. The van der Waals surface area contributed by atoms with Gasteiger partial charge in [-0.15, -0.1) is 0 Å². The van der Waals surface area contributed by atoms with Crippen LogP contribution in [0.5, 0.6) is 0 Å². The van der Waals surface area contributed by atoms with E-state index < -0.39 is 5.60 Å². The van der Waals surface area contributed by atoms with E-state index >= 15 is 0 Å². The topological polar surface area (TPSA) is 145 Å². The summed E-state index contributed by atoms with van der Waals surface area (Å²) in [4.78, 5) is 23.2. The van der Waals surface area contributed by atoms with Crippen LogP contribution in [0, 0.1) is 0 Å². The van der Waals surface area contributed by atoms with E-state index in [1.165, 1.54) is 32.1 Å². The highest BCUT2D eigenvalue weighted by atomic mass is 16.6. The standard InChI is InChI=1S/C36H70O14/c1-5-6-7-8-9-10-11-12-34(37)49-32-31-47-28-27-45-24-23-43-20-19-41-16-15-39-13-14-40-17-18-42-21-22-44-25-26-46-29-30-48-33-35(38)50-36(2,3)4/h5-33H2,1-4H3. The Morgan fingerprint density at radius 1 is 0.380 bits per heavy atom. The number of unbranched alkanes of at least 4 members (excludes halogenated alkanes) is 6. The molecule has 0 saturated heterocycles. The lowest BCUT2D eigenvalue weighted by Gasteiger charge is -2.19. The molecule has 0 spiro atoms. The summed E-state index contributed by atoms with van der Waals surface area (Å²) in [5.41, 5.74) is -0.513. The van der Waals surface area contributed by atoms with Crippen LogP contribution in [0.3, 0.4) is 0 Å². The second-order valence-electron chi connectivity index (χ2n) is 12.2. The minimum Gasteiger partial charge on any atom is -0.463 e. The van der Waals surface area contributed by atoms with Crippen molar-refractivity contribution in [3.8, 4) is 0 Å². The van der Waals surface area contributed by atoms with Gasteiger partial charge in [0.15, 0.2) is 0 Å². The first-order chi connectivity index (χ1) is 24.3. The van der Waals surface area contributed by atoms with Gasteiger partial charge in [-0.25, -0.2) is 4.79 Å². The van der Waals surface area contributed by atoms with Crippen LogP contribution in [0.1, 0.15) is 79.1 Å². The van der Waals surface area contributed by atoms with Gasteiger partial charge in [-0.3, -0.25) is 4.79 Å². The summed E-state index contributed by atoms with van der Waals surface area (Å²) in [6.45, 7) is 16.5. The number of rotatable bonds is 40. The van der Waals surface area contributed by atoms with Gasteiger partial charge in [-0.2, -0.15) is 0 Å². The van der Waals surface area contributed by atoms with E-state index in [1.807, 2.05) is 20.8 Å². The number of hydrogen-bond acceptors (Lipinski definition) is 14. The zero-order valence-corrected chi connectivity index (χ0v) is 31.7. The Balaban J connectivity index is 3.14. The summed E-state index contributed by atoms with van der Waals surface area (Å²) >= 11 is 0. The predicted octanol–water partition coefficient (Wildman–Crippen LogP) is 4.18. The molecular weight excluding hydrogens is 656 g/mol. The van der Waals surface area contributed by atoms with E-state index in [1.54, 1.807) is 0 Å². The Kier molecular flexibility index (Phi) is 37.6. The summed E-state index contributed by atoms with van der Waals surface area (Å²) in [6, 6.07) is 0. The zero-order chi connectivity index (χ0) is 36.6. The lowest BCUT2D eigenvalue weighted by Crippen LogP contribution is -2.27. The molecule has 0 saturated carbocycles. The summed E-state index contributed by atoms with van der Waals surface area (Å²) < 4.78 is 64.6. The average Bonchev–Trinajstić information content (AvgIpc) is 3.07. The Morgan fingerprint density at radius 3 is 1.02 bits per heavy atom. The first-order valence-corrected chi connectivity index (χ1v) is 18.5. The van der Waals surface area contributed by atoms with E-state index in [-0.39, 0.29) is 25.2 Å². The Labute approximate surface area is 301 Å². The molecule has 0 bridgehead atoms. The lowest BCUT2D eigenvalue weighted by molar-refractivity contribution is -0.160. The monoisotopic (exact) mass is 726 g/mol. The maximum absolute atomic E-state index is 11.7. The van der Waals surface area contributed by atoms with Gasteiger partial charge in [0.05, 0.1) is 126 Å². The van der Waals surface area contributed by atoms with Crippen LogP contribution >= 0.6 is 0 Å². The molecule has 298 valence electrons. The Bertz CT molecular complexity index is 719. The van der Waals surface area contributed by atoms with Gasteiger partial charge in [-0.1, -0.05) is 45.4 Å². The molecule has 0 fully saturated rings. The van der Waals surface area contributed by atoms with E-state index in [9.17, 15) is 9.59 Å². The van der Waals surface area contributed by atoms with Gasteiger partial charge in [-0.05, 0) is 27.2 Å². The molecule has 0 aromatic rings. The molecule has 0 atom stereocenters. The van der Waals surface area contributed by atoms with Crippen molar-refractivity contribution in [1.82, 2.24) is 0 Å². The molecule has 0 aliphatic carbocycles. The van der Waals surface area contributed by atoms with Crippen molar-refractivity contribution in [2.75, 3.05) is 139 Å². The molecule has 0 heterocycles. The van der Waals surface area contributed by atoms with Crippen LogP contribution in [0.15, 0.2) is 0 Å². The van der Waals surface area contributed by atoms with E-state index in [0.717, 1.165) is 12.8 Å². The zero-order valence-electron chi connectivity index (χ0n) is 31.7. The summed E-state index contributed by atoms with van der Waals surface area (Å²) in [6.07, 6.45) is 8.77. The van der Waals surface area contributed by atoms with E-state index in [2.05, 4.69) is 6.92 Å². The molecule has 0 aliphatic heterocycles. The van der Waals surface area contributed by atoms with Crippen LogP contribution in [0.2, 0.25) is 0 Å². The van der Waals surface area contributed by atoms with E-state index in [0.29, 0.717) is 132 Å². The number of carbonyl (C=O) groups excluding carboxylic acids is 2. The fraction of sp³-hybridized carbons (Fsp3) is 0.944. The molecule has 14 nitrogen and oxygen atoms in total. The first kappa shape index (κ1) is 48.5. The highest BCUT2D eigenvalue weighted by Crippen LogP contribution is 2.09. The molecule has 0 rings (SSSR count). The van der Waals surface area contributed by atoms with Gasteiger partial charge in [0.1, 0.15) is 18.8 Å². The van der Waals surface area contributed by atoms with Gasteiger partial charge in [0.25, 0.3) is 0 Å². The van der Waals surface area contributed by atoms with Crippen molar-refractivity contribution in [3.05, 3.63) is 0 Å². The molecule has 0 unspecified atom stereocenters. The third-order valence-corrected chi connectivity index (χ3v) is 6.46. The number of carbonyl (C=O) groups is 2. The first-order valence-electron chi connectivity index (χ1n) is 18.5. The number of hydrogen-bond donors (Lipinski definition) is 0. The smallest absolute Gasteiger partial charge is 0.332 e. The molecule has 14 heteroatoms. The average molecular weight is 727 g/mol. The maximum Gasteiger partial charge on any atom is 0.332 e. The van der Waals surface area contributed by atoms with Crippen molar-refractivity contribution in [3.63, 3.8) is 0 Å². The summed E-state index contributed by atoms with van der Waals surface area (Å²) in [7, 11) is 0. The minimum absolute atomic E-state index is 0.0855. The highest BCUT2D eigenvalue weighted by molar-refractivity contribution is 5.71. The van der Waals surface area contributed by atoms with Crippen molar-refractivity contribution in [1.29, 1.82) is 0 Å². The highest BCUT2D eigenvalue weighted by Gasteiger charge is 2.15. The molecule has 50 heavy (non-hydrogen) atoms. The number of esters is 2. The van der Waals surface area contributed by atoms with Gasteiger partial charge >= 0.3 is 11.9 Å². The van der Waals surface area contributed by atoms with Crippen molar-refractivity contribution >= 4 is 11.9 Å². The Hall–Kier alpha value is -1.46. The van der Waals surface area contributed by atoms with Crippen LogP contribution in [-0.2, 0) is 66.4 Å². The summed E-state index contributed by atoms with van der Waals surface area (Å²) in [5, 5.41) is 0. The number of ether oxygens (including phenoxy) is 12. The van der Waals surface area contributed by atoms with Crippen LogP contribution in [-0.4, -0.2) is 156 Å². The third kappa shape index (κ3) is 42.7. The molecule has 0 aliphatic rings. The van der Waals surface area contributed by atoms with Gasteiger partial charge in [0.2, 0.25) is 0 Å². The molecule has 0 amide bonds. The second-order valence-corrected chi connectivity index (χ2v) is 12.2. The minimum atomic E-state index is -0.513. The van der Waals surface area contributed by atoms with Crippen molar-refractivity contribution in [2.24, 2.45) is 0 Å². The Morgan fingerprint density at radius 2 is 0.680 bits per heavy atom. The van der Waals surface area contributed by atoms with Crippen LogP contribution in [0.25, 0.3) is 0 Å². The normalized spacial score (nSPS) is 11.7. The van der Waals surface area contributed by atoms with Crippen LogP contribution in [0.4, 0.5) is 0 Å². The van der Waals surface area contributed by atoms with Gasteiger partial charge < -0.3 is 56.8 Å². The van der Waals surface area contributed by atoms with Crippen molar-refractivity contribution < 1.29 is 66.4 Å². The predicted molar refractivity (Wildman–Crippen MR) is 188 cm³/mol. The third-order valence-electron chi connectivity index (χ3n) is 6.46. The maximum atomic E-state index is 11.7. The molecular formula is C36H70O14. The molecule has 0 aromatic carbocycles. The van der Waals surface area contributed by atoms with Gasteiger partial charge in [0, 0.05) is 6.42 Å². The molecule has 0 N–H and O–H groups in total. The fourth-order valence-corrected chi connectivity index (χ4v) is 4.02. The quantitative estimate of drug-likeness (QED) is 0.0658. The van der Waals surface area contributed by atoms with Crippen LogP contribution < -0.4 is 0 Å². The SMILES string of the molecule is CCCCCCCCCC(=O)OCCOCCOCCOCCOCCOCCOCCOCCOCCOCCOCC(=O)OC(C)(C)C.